The molecule has 5 nitrogen and oxygen atoms in total. The van der Waals surface area contributed by atoms with Crippen LogP contribution in [-0.4, -0.2) is 27.9 Å². The molecule has 8 heteroatoms. The third-order valence-electron chi connectivity index (χ3n) is 5.11. The van der Waals surface area contributed by atoms with E-state index in [4.69, 9.17) is 23.8 Å². The molecule has 0 aliphatic carbocycles. The lowest BCUT2D eigenvalue weighted by atomic mass is 10.1. The molecule has 0 saturated carbocycles. The van der Waals surface area contributed by atoms with Crippen LogP contribution < -0.4 is 10.2 Å². The summed E-state index contributed by atoms with van der Waals surface area (Å²) in [5.41, 5.74) is 1.98. The lowest BCUT2D eigenvalue weighted by Crippen LogP contribution is -2.37. The first-order valence-corrected chi connectivity index (χ1v) is 10.7. The number of nitrogens with zero attached hydrogens (tertiary/aromatic N) is 2. The summed E-state index contributed by atoms with van der Waals surface area (Å²) < 4.78 is 13.3. The molecule has 0 aromatic heterocycles. The van der Waals surface area contributed by atoms with Crippen molar-refractivity contribution >= 4 is 52.1 Å². The summed E-state index contributed by atoms with van der Waals surface area (Å²) in [5, 5.41) is 3.62. The second-order valence-electron chi connectivity index (χ2n) is 7.32. The van der Waals surface area contributed by atoms with Crippen molar-refractivity contribution in [3.8, 4) is 0 Å². The monoisotopic (exact) mass is 467 g/mol. The van der Waals surface area contributed by atoms with Gasteiger partial charge in [-0.1, -0.05) is 41.9 Å². The predicted octanol–water partition coefficient (Wildman–Crippen LogP) is 5.01. The van der Waals surface area contributed by atoms with Crippen molar-refractivity contribution in [1.29, 1.82) is 0 Å². The lowest BCUT2D eigenvalue weighted by Gasteiger charge is -2.24. The molecular formula is C24H19ClFN3O2S. The van der Waals surface area contributed by atoms with Crippen molar-refractivity contribution in [2.45, 2.75) is 19.0 Å². The number of thiocarbonyl (C=S) groups is 1. The van der Waals surface area contributed by atoms with Crippen LogP contribution in [0.15, 0.2) is 78.9 Å². The van der Waals surface area contributed by atoms with E-state index in [2.05, 4.69) is 5.32 Å². The van der Waals surface area contributed by atoms with Crippen molar-refractivity contribution in [3.63, 3.8) is 0 Å². The second kappa shape index (κ2) is 9.46. The maximum atomic E-state index is 13.4. The first kappa shape index (κ1) is 21.9. The summed E-state index contributed by atoms with van der Waals surface area (Å²) in [4.78, 5) is 29.2. The molecule has 1 N–H and O–H groups in total. The van der Waals surface area contributed by atoms with Gasteiger partial charge in [0.1, 0.15) is 11.9 Å². The van der Waals surface area contributed by atoms with E-state index < -0.39 is 6.04 Å². The number of nitrogens with one attached hydrogen (secondary N) is 1. The van der Waals surface area contributed by atoms with E-state index in [0.29, 0.717) is 16.4 Å². The molecule has 1 aliphatic rings. The number of rotatable bonds is 6. The van der Waals surface area contributed by atoms with Crippen LogP contribution in [-0.2, 0) is 16.1 Å². The minimum Gasteiger partial charge on any atom is -0.332 e. The molecule has 1 saturated heterocycles. The van der Waals surface area contributed by atoms with Crippen molar-refractivity contribution in [2.75, 3.05) is 10.2 Å². The maximum absolute atomic E-state index is 13.4. The molecule has 0 bridgehead atoms. The summed E-state index contributed by atoms with van der Waals surface area (Å²) in [7, 11) is 0. The Kier molecular flexibility index (Phi) is 6.48. The third-order valence-corrected chi connectivity index (χ3v) is 5.78. The Hall–Kier alpha value is -3.29. The molecule has 32 heavy (non-hydrogen) atoms. The number of hydrogen-bond donors (Lipinski definition) is 1. The Morgan fingerprint density at radius 2 is 1.66 bits per heavy atom. The summed E-state index contributed by atoms with van der Waals surface area (Å²) in [6, 6.07) is 20.9. The SMILES string of the molecule is O=C(CC1C(=O)N(c2ccc(Cl)cc2)C(=S)N1Cc1ccc(F)cc1)Nc1ccccc1. The Labute approximate surface area is 195 Å². The van der Waals surface area contributed by atoms with Gasteiger partial charge in [-0.25, -0.2) is 4.39 Å². The van der Waals surface area contributed by atoms with Crippen LogP contribution in [0.2, 0.25) is 5.02 Å². The minimum atomic E-state index is -0.799. The fourth-order valence-electron chi connectivity index (χ4n) is 3.54. The molecule has 1 atom stereocenters. The Morgan fingerprint density at radius 1 is 1.00 bits per heavy atom. The first-order chi connectivity index (χ1) is 15.4. The van der Waals surface area contributed by atoms with Gasteiger partial charge in [-0.2, -0.15) is 0 Å². The Bertz CT molecular complexity index is 1140. The minimum absolute atomic E-state index is 0.0842. The number of amides is 2. The van der Waals surface area contributed by atoms with Gasteiger partial charge in [-0.05, 0) is 66.3 Å². The molecule has 1 heterocycles. The van der Waals surface area contributed by atoms with E-state index in [0.717, 1.165) is 5.56 Å². The summed E-state index contributed by atoms with van der Waals surface area (Å²) in [6.07, 6.45) is -0.0842. The normalized spacial score (nSPS) is 15.9. The van der Waals surface area contributed by atoms with Crippen LogP contribution in [0.4, 0.5) is 15.8 Å². The van der Waals surface area contributed by atoms with Gasteiger partial charge < -0.3 is 10.2 Å². The lowest BCUT2D eigenvalue weighted by molar-refractivity contribution is -0.124. The molecule has 1 aliphatic heterocycles. The summed E-state index contributed by atoms with van der Waals surface area (Å²) in [6.45, 7) is 0.262. The van der Waals surface area contributed by atoms with Gasteiger partial charge in [-0.3, -0.25) is 14.5 Å². The molecule has 2 amide bonds. The van der Waals surface area contributed by atoms with Gasteiger partial charge in [0, 0.05) is 17.3 Å². The Morgan fingerprint density at radius 3 is 2.31 bits per heavy atom. The molecule has 4 rings (SSSR count). The van der Waals surface area contributed by atoms with Gasteiger partial charge >= 0.3 is 0 Å². The summed E-state index contributed by atoms with van der Waals surface area (Å²) in [5.74, 6) is -0.961. The van der Waals surface area contributed by atoms with Gasteiger partial charge in [-0.15, -0.1) is 0 Å². The van der Waals surface area contributed by atoms with E-state index in [9.17, 15) is 14.0 Å². The molecule has 3 aromatic carbocycles. The number of carbonyl (C=O) groups excluding carboxylic acids is 2. The van der Waals surface area contributed by atoms with E-state index in [-0.39, 0.29) is 35.7 Å². The van der Waals surface area contributed by atoms with Crippen LogP contribution in [0.25, 0.3) is 0 Å². The zero-order valence-corrected chi connectivity index (χ0v) is 18.4. The van der Waals surface area contributed by atoms with Crippen LogP contribution in [0.5, 0.6) is 0 Å². The van der Waals surface area contributed by atoms with Crippen molar-refractivity contribution in [1.82, 2.24) is 4.90 Å². The number of benzene rings is 3. The highest BCUT2D eigenvalue weighted by Gasteiger charge is 2.44. The van der Waals surface area contributed by atoms with Gasteiger partial charge in [0.25, 0.3) is 5.91 Å². The average molecular weight is 468 g/mol. The average Bonchev–Trinajstić information content (AvgIpc) is 3.00. The van der Waals surface area contributed by atoms with Crippen molar-refractivity contribution < 1.29 is 14.0 Å². The largest absolute Gasteiger partial charge is 0.332 e. The van der Waals surface area contributed by atoms with E-state index >= 15 is 0 Å². The van der Waals surface area contributed by atoms with Crippen molar-refractivity contribution in [3.05, 3.63) is 95.3 Å². The quantitative estimate of drug-likeness (QED) is 0.518. The zero-order chi connectivity index (χ0) is 22.7. The van der Waals surface area contributed by atoms with Crippen LogP contribution in [0.1, 0.15) is 12.0 Å². The van der Waals surface area contributed by atoms with Gasteiger partial charge in [0.15, 0.2) is 5.11 Å². The van der Waals surface area contributed by atoms with Crippen LogP contribution in [0.3, 0.4) is 0 Å². The second-order valence-corrected chi connectivity index (χ2v) is 8.12. The number of carbonyl (C=O) groups is 2. The third kappa shape index (κ3) is 4.79. The molecule has 0 radical (unpaired) electrons. The van der Waals surface area contributed by atoms with Gasteiger partial charge in [0.2, 0.25) is 5.91 Å². The molecule has 162 valence electrons. The first-order valence-electron chi connectivity index (χ1n) is 9.92. The zero-order valence-electron chi connectivity index (χ0n) is 16.9. The number of anilines is 2. The van der Waals surface area contributed by atoms with E-state index in [1.807, 2.05) is 18.2 Å². The van der Waals surface area contributed by atoms with Gasteiger partial charge in [0.05, 0.1) is 12.1 Å². The molecule has 3 aromatic rings. The predicted molar refractivity (Wildman–Crippen MR) is 127 cm³/mol. The summed E-state index contributed by atoms with van der Waals surface area (Å²) >= 11 is 11.6. The van der Waals surface area contributed by atoms with Crippen LogP contribution >= 0.6 is 23.8 Å². The van der Waals surface area contributed by atoms with E-state index in [1.54, 1.807) is 53.4 Å². The van der Waals surface area contributed by atoms with E-state index in [1.165, 1.54) is 17.0 Å². The number of para-hydroxylation sites is 1. The maximum Gasteiger partial charge on any atom is 0.256 e. The topological polar surface area (TPSA) is 52.7 Å². The Balaban J connectivity index is 1.60. The molecule has 1 unspecified atom stereocenters. The highest BCUT2D eigenvalue weighted by Crippen LogP contribution is 2.29. The fraction of sp³-hybridized carbons (Fsp3) is 0.125. The number of hydrogen-bond acceptors (Lipinski definition) is 3. The molecule has 1 fully saturated rings. The highest BCUT2D eigenvalue weighted by molar-refractivity contribution is 7.80. The number of halogens is 2. The van der Waals surface area contributed by atoms with Crippen LogP contribution in [0, 0.1) is 5.82 Å². The fourth-order valence-corrected chi connectivity index (χ4v) is 4.05. The standard InChI is InChI=1S/C24H19ClFN3O2S/c25-17-8-12-20(13-9-17)29-23(31)21(14-22(30)27-19-4-2-1-3-5-19)28(24(29)32)15-16-6-10-18(26)11-7-16/h1-13,21H,14-15H2,(H,27,30). The highest BCUT2D eigenvalue weighted by atomic mass is 35.5. The smallest absolute Gasteiger partial charge is 0.256 e. The molecule has 0 spiro atoms. The van der Waals surface area contributed by atoms with Crippen molar-refractivity contribution in [2.24, 2.45) is 0 Å². The molecular weight excluding hydrogens is 449 g/mol.